The summed E-state index contributed by atoms with van der Waals surface area (Å²) in [6.45, 7) is 0. The molecule has 0 atom stereocenters. The van der Waals surface area contributed by atoms with Gasteiger partial charge in [0.25, 0.3) is 0 Å². The van der Waals surface area contributed by atoms with Gasteiger partial charge in [0, 0.05) is 0 Å². The zero-order chi connectivity index (χ0) is 10.9. The number of carboxylic acids is 2. The Kier molecular flexibility index (Phi) is 2.29. The summed E-state index contributed by atoms with van der Waals surface area (Å²) in [7, 11) is 0. The molecule has 0 aliphatic heterocycles. The van der Waals surface area contributed by atoms with E-state index in [1.165, 1.54) is 0 Å². The zero-order valence-corrected chi connectivity index (χ0v) is 6.68. The Hall–Kier alpha value is -2.24. The molecule has 1 aromatic rings. The van der Waals surface area contributed by atoms with Gasteiger partial charge in [0.05, 0.1) is 11.1 Å². The highest BCUT2D eigenvalue weighted by Gasteiger charge is 2.15. The second kappa shape index (κ2) is 3.25. The molecule has 6 heteroatoms. The van der Waals surface area contributed by atoms with E-state index in [1.807, 2.05) is 0 Å². The maximum atomic E-state index is 11.0. The van der Waals surface area contributed by atoms with E-state index < -0.39 is 34.6 Å². The van der Waals surface area contributed by atoms with Gasteiger partial charge in [0.15, 0.2) is 0 Å². The van der Waals surface area contributed by atoms with Crippen molar-refractivity contribution in [2.75, 3.05) is 0 Å². The van der Waals surface area contributed by atoms with Gasteiger partial charge in [-0.15, -0.1) is 11.5 Å². The van der Waals surface area contributed by atoms with Crippen molar-refractivity contribution in [1.29, 1.82) is 0 Å². The fourth-order valence-corrected chi connectivity index (χ4v) is 0.954. The number of rotatable bonds is 2. The summed E-state index contributed by atoms with van der Waals surface area (Å²) in [6.07, 6.45) is 0. The minimum atomic E-state index is -1.72. The fraction of sp³-hybridized carbons (Fsp3) is 0. The van der Waals surface area contributed by atoms with E-state index in [9.17, 15) is 19.8 Å². The Morgan fingerprint density at radius 3 is 2.07 bits per heavy atom. The van der Waals surface area contributed by atoms with Gasteiger partial charge < -0.3 is 20.4 Å². The number of benzene rings is 1. The first kappa shape index (κ1) is 9.85. The summed E-state index contributed by atoms with van der Waals surface area (Å²) in [5, 5.41) is 38.8. The molecule has 0 radical (unpaired) electrons. The second-order valence-corrected chi connectivity index (χ2v) is 2.43. The van der Waals surface area contributed by atoms with E-state index in [4.69, 9.17) is 10.2 Å². The van der Waals surface area contributed by atoms with E-state index in [0.29, 0.717) is 0 Å². The van der Waals surface area contributed by atoms with Crippen LogP contribution in [-0.2, 0) is 0 Å². The molecule has 1 aromatic carbocycles. The zero-order valence-electron chi connectivity index (χ0n) is 6.68. The smallest absolute Gasteiger partial charge is 0.336 e. The van der Waals surface area contributed by atoms with Crippen molar-refractivity contribution in [3.05, 3.63) is 23.3 Å². The lowest BCUT2D eigenvalue weighted by atomic mass is 10.1. The van der Waals surface area contributed by atoms with Crippen molar-refractivity contribution < 1.29 is 30.0 Å². The number of aromatic carboxylic acids is 2. The highest BCUT2D eigenvalue weighted by molar-refractivity contribution is 6.04. The highest BCUT2D eigenvalue weighted by Crippen LogP contribution is 2.26. The second-order valence-electron chi connectivity index (χ2n) is 2.43. The molecule has 0 aliphatic carbocycles. The molecule has 0 fully saturated rings. The number of hydrogen-bond acceptors (Lipinski definition) is 4. The summed E-state index contributed by atoms with van der Waals surface area (Å²) in [6, 6.07) is 1.54. The maximum Gasteiger partial charge on any atom is 0.336 e. The van der Waals surface area contributed by atoms with Crippen LogP contribution < -0.4 is 10.2 Å². The highest BCUT2D eigenvalue weighted by atomic mass is 16.4. The standard InChI is InChI=1S/C8H6O6/c9-4-2-1-3(7(11)12)5(6(4)10)8(13)14/h1-2,9-10H,(H,11,12)(H,13,14)/p-2. The molecule has 0 bridgehead atoms. The lowest BCUT2D eigenvalue weighted by Crippen LogP contribution is -2.13. The Morgan fingerprint density at radius 2 is 1.64 bits per heavy atom. The average molecular weight is 196 g/mol. The quantitative estimate of drug-likeness (QED) is 0.640. The van der Waals surface area contributed by atoms with Crippen molar-refractivity contribution in [3.63, 3.8) is 0 Å². The van der Waals surface area contributed by atoms with Crippen LogP contribution in [0.15, 0.2) is 12.1 Å². The third-order valence-electron chi connectivity index (χ3n) is 1.57. The van der Waals surface area contributed by atoms with Crippen LogP contribution in [0.25, 0.3) is 0 Å². The minimum Gasteiger partial charge on any atom is -0.873 e. The molecule has 0 aromatic heterocycles. The molecule has 0 saturated heterocycles. The van der Waals surface area contributed by atoms with Crippen molar-refractivity contribution in [2.45, 2.75) is 0 Å². The molecule has 0 spiro atoms. The molecular weight excluding hydrogens is 192 g/mol. The molecule has 14 heavy (non-hydrogen) atoms. The predicted molar refractivity (Wildman–Crippen MR) is 39.3 cm³/mol. The fourth-order valence-electron chi connectivity index (χ4n) is 0.954. The number of hydrogen-bond donors (Lipinski definition) is 2. The van der Waals surface area contributed by atoms with Crippen LogP contribution in [-0.4, -0.2) is 22.2 Å². The molecular formula is C8H4O6-2. The summed E-state index contributed by atoms with van der Waals surface area (Å²) in [5.41, 5.74) is -1.67. The van der Waals surface area contributed by atoms with Gasteiger partial charge >= 0.3 is 11.9 Å². The van der Waals surface area contributed by atoms with Crippen LogP contribution in [0.3, 0.4) is 0 Å². The van der Waals surface area contributed by atoms with Crippen molar-refractivity contribution in [2.24, 2.45) is 0 Å². The third-order valence-corrected chi connectivity index (χ3v) is 1.57. The van der Waals surface area contributed by atoms with Crippen LogP contribution in [0.1, 0.15) is 20.7 Å². The maximum absolute atomic E-state index is 11.0. The normalized spacial score (nSPS) is 9.71. The van der Waals surface area contributed by atoms with E-state index in [-0.39, 0.29) is 0 Å². The van der Waals surface area contributed by atoms with Gasteiger partial charge in [-0.05, 0) is 6.07 Å². The number of carboxylic acid groups (broad SMARTS) is 2. The van der Waals surface area contributed by atoms with Crippen LogP contribution in [0.5, 0.6) is 11.5 Å². The van der Waals surface area contributed by atoms with Gasteiger partial charge in [0.1, 0.15) is 0 Å². The van der Waals surface area contributed by atoms with Gasteiger partial charge in [-0.1, -0.05) is 6.07 Å². The minimum absolute atomic E-state index is 0.679. The molecule has 2 N–H and O–H groups in total. The molecule has 1 rings (SSSR count). The Labute approximate surface area is 77.7 Å². The predicted octanol–water partition coefficient (Wildman–Crippen LogP) is -0.770. The Morgan fingerprint density at radius 1 is 1.07 bits per heavy atom. The largest absolute Gasteiger partial charge is 0.873 e. The van der Waals surface area contributed by atoms with Crippen LogP contribution >= 0.6 is 0 Å². The third kappa shape index (κ3) is 1.45. The SMILES string of the molecule is O=C(O)c1ccc([O-])c([O-])c1C(=O)O. The van der Waals surface area contributed by atoms with Crippen LogP contribution in [0.2, 0.25) is 0 Å². The molecule has 0 amide bonds. The molecule has 0 heterocycles. The first-order chi connectivity index (χ1) is 6.45. The topological polar surface area (TPSA) is 121 Å². The summed E-state index contributed by atoms with van der Waals surface area (Å²) >= 11 is 0. The first-order valence-corrected chi connectivity index (χ1v) is 3.42. The van der Waals surface area contributed by atoms with Gasteiger partial charge in [-0.25, -0.2) is 9.59 Å². The molecule has 74 valence electrons. The van der Waals surface area contributed by atoms with Crippen LogP contribution in [0, 0.1) is 0 Å². The summed E-state index contributed by atoms with van der Waals surface area (Å²) in [4.78, 5) is 21.0. The van der Waals surface area contributed by atoms with Gasteiger partial charge in [-0.3, -0.25) is 0 Å². The molecule has 6 nitrogen and oxygen atoms in total. The molecule has 0 saturated carbocycles. The van der Waals surface area contributed by atoms with E-state index in [2.05, 4.69) is 0 Å². The van der Waals surface area contributed by atoms with Crippen LogP contribution in [0.4, 0.5) is 0 Å². The summed E-state index contributed by atoms with van der Waals surface area (Å²) < 4.78 is 0. The van der Waals surface area contributed by atoms with Crippen molar-refractivity contribution in [1.82, 2.24) is 0 Å². The Bertz CT molecular complexity index is 409. The van der Waals surface area contributed by atoms with E-state index in [0.717, 1.165) is 12.1 Å². The van der Waals surface area contributed by atoms with Gasteiger partial charge in [0.2, 0.25) is 0 Å². The Balaban J connectivity index is 3.53. The van der Waals surface area contributed by atoms with Crippen molar-refractivity contribution >= 4 is 11.9 Å². The lowest BCUT2D eigenvalue weighted by Gasteiger charge is -2.21. The number of carbonyl (C=O) groups is 2. The monoisotopic (exact) mass is 196 g/mol. The average Bonchev–Trinajstić information content (AvgIpc) is 2.08. The van der Waals surface area contributed by atoms with Crippen molar-refractivity contribution in [3.8, 4) is 11.5 Å². The summed E-state index contributed by atoms with van der Waals surface area (Å²) in [5.74, 6) is -5.62. The first-order valence-electron chi connectivity index (χ1n) is 3.42. The van der Waals surface area contributed by atoms with E-state index >= 15 is 0 Å². The van der Waals surface area contributed by atoms with E-state index in [1.54, 1.807) is 0 Å². The molecule has 0 aliphatic rings. The molecule has 0 unspecified atom stereocenters. The lowest BCUT2D eigenvalue weighted by molar-refractivity contribution is -0.317. The van der Waals surface area contributed by atoms with Gasteiger partial charge in [-0.2, -0.15) is 0 Å².